The monoisotopic (exact) mass is 142 g/mol. The van der Waals surface area contributed by atoms with E-state index in [1.165, 1.54) is 38.1 Å². The predicted molar refractivity (Wildman–Crippen MR) is 33.9 cm³/mol. The minimum Gasteiger partial charge on any atom is -0.360 e. The van der Waals surface area contributed by atoms with Gasteiger partial charge in [-0.05, 0) is 4.90 Å². The second-order valence-electron chi connectivity index (χ2n) is 2.18. The average Bonchev–Trinajstić information content (AvgIpc) is 2.12. The van der Waals surface area contributed by atoms with E-state index in [1.54, 1.807) is 0 Å². The van der Waals surface area contributed by atoms with Gasteiger partial charge in [0.1, 0.15) is 0 Å². The second kappa shape index (κ2) is 3.87. The van der Waals surface area contributed by atoms with E-state index in [1.807, 2.05) is 0 Å². The van der Waals surface area contributed by atoms with Gasteiger partial charge in [-0.3, -0.25) is 4.63 Å². The molecule has 0 N–H and O–H groups in total. The number of hydrogen-bond acceptors (Lipinski definition) is 3. The van der Waals surface area contributed by atoms with Crippen LogP contribution in [0.1, 0.15) is 25.7 Å². The maximum atomic E-state index is 9.76. The normalized spacial score (nSPS) is 14.8. The van der Waals surface area contributed by atoms with Gasteiger partial charge in [0.05, 0.1) is 0 Å². The van der Waals surface area contributed by atoms with Crippen molar-refractivity contribution in [3.05, 3.63) is 17.6 Å². The molecule has 0 saturated heterocycles. The van der Waals surface area contributed by atoms with Crippen LogP contribution in [0.4, 0.5) is 0 Å². The molecule has 0 unspecified atom stereocenters. The molecule has 0 spiro atoms. The molecule has 10 heavy (non-hydrogen) atoms. The van der Waals surface area contributed by atoms with Crippen LogP contribution >= 0.6 is 0 Å². The summed E-state index contributed by atoms with van der Waals surface area (Å²) in [5, 5.41) is 12.9. The zero-order valence-corrected chi connectivity index (χ0v) is 5.69. The van der Waals surface area contributed by atoms with E-state index in [2.05, 4.69) is 9.79 Å². The van der Waals surface area contributed by atoms with Crippen LogP contribution in [0, 0.1) is 5.21 Å². The quantitative estimate of drug-likeness (QED) is 0.505. The molecule has 1 fully saturated rings. The van der Waals surface area contributed by atoms with E-state index in [-0.39, 0.29) is 4.90 Å². The fourth-order valence-corrected chi connectivity index (χ4v) is 0.433. The first-order chi connectivity index (χ1) is 4.89. The number of hydrogen-bond donors (Lipinski definition) is 0. The van der Waals surface area contributed by atoms with Crippen LogP contribution in [0.3, 0.4) is 0 Å². The Hall–Kier alpha value is -1.06. The molecule has 0 aliphatic heterocycles. The SMILES string of the molecule is C1CCC1.[O-][n+]1ccno1. The molecular weight excluding hydrogens is 132 g/mol. The van der Waals surface area contributed by atoms with Gasteiger partial charge in [0.2, 0.25) is 6.20 Å². The van der Waals surface area contributed by atoms with Crippen LogP contribution in [0.25, 0.3) is 0 Å². The predicted octanol–water partition coefficient (Wildman–Crippen LogP) is 0.868. The molecule has 1 heterocycles. The maximum Gasteiger partial charge on any atom is 0.205 e. The minimum absolute atomic E-state index is 0.264. The standard InChI is InChI=1S/C4H8.C2H2N2O2/c1-2-4-3-1;5-4-2-1-3-6-4/h1-4H2;1-2H. The Morgan fingerprint density at radius 2 is 1.90 bits per heavy atom. The number of aromatic nitrogens is 2. The first-order valence-corrected chi connectivity index (χ1v) is 3.40. The van der Waals surface area contributed by atoms with Gasteiger partial charge in [-0.25, -0.2) is 0 Å². The molecule has 0 bridgehead atoms. The molecule has 1 aliphatic carbocycles. The summed E-state index contributed by atoms with van der Waals surface area (Å²) < 4.78 is 3.94. The summed E-state index contributed by atoms with van der Waals surface area (Å²) >= 11 is 0. The summed E-state index contributed by atoms with van der Waals surface area (Å²) in [4.78, 5) is 0.264. The van der Waals surface area contributed by atoms with Crippen LogP contribution < -0.4 is 4.90 Å². The van der Waals surface area contributed by atoms with Crippen molar-refractivity contribution in [2.24, 2.45) is 0 Å². The first-order valence-electron chi connectivity index (χ1n) is 3.40. The average molecular weight is 142 g/mol. The summed E-state index contributed by atoms with van der Waals surface area (Å²) in [7, 11) is 0. The van der Waals surface area contributed by atoms with Crippen LogP contribution in [0.15, 0.2) is 17.0 Å². The van der Waals surface area contributed by atoms with Crippen LogP contribution in [-0.4, -0.2) is 5.16 Å². The van der Waals surface area contributed by atoms with Gasteiger partial charge in [-0.1, -0.05) is 25.7 Å². The van der Waals surface area contributed by atoms with Crippen LogP contribution in [-0.2, 0) is 0 Å². The highest BCUT2D eigenvalue weighted by atomic mass is 16.8. The zero-order chi connectivity index (χ0) is 7.23. The molecule has 1 aromatic heterocycles. The van der Waals surface area contributed by atoms with Crippen molar-refractivity contribution >= 4 is 0 Å². The first kappa shape index (κ1) is 7.05. The van der Waals surface area contributed by atoms with Crippen molar-refractivity contribution in [3.8, 4) is 0 Å². The third kappa shape index (κ3) is 2.48. The highest BCUT2D eigenvalue weighted by Crippen LogP contribution is 2.15. The Morgan fingerprint density at radius 1 is 1.30 bits per heavy atom. The van der Waals surface area contributed by atoms with E-state index < -0.39 is 0 Å². The van der Waals surface area contributed by atoms with Crippen molar-refractivity contribution in [1.82, 2.24) is 5.16 Å². The molecule has 2 rings (SSSR count). The van der Waals surface area contributed by atoms with E-state index >= 15 is 0 Å². The van der Waals surface area contributed by atoms with Crippen molar-refractivity contribution in [2.75, 3.05) is 0 Å². The lowest BCUT2D eigenvalue weighted by Gasteiger charge is -2.05. The molecular formula is C6H10N2O2. The molecule has 4 nitrogen and oxygen atoms in total. The van der Waals surface area contributed by atoms with Gasteiger partial charge in [-0.15, -0.1) is 0 Å². The Morgan fingerprint density at radius 3 is 2.00 bits per heavy atom. The summed E-state index contributed by atoms with van der Waals surface area (Å²) in [5.41, 5.74) is 0. The van der Waals surface area contributed by atoms with Crippen LogP contribution in [0.5, 0.6) is 0 Å². The number of rotatable bonds is 0. The van der Waals surface area contributed by atoms with Crippen molar-refractivity contribution in [1.29, 1.82) is 0 Å². The van der Waals surface area contributed by atoms with Gasteiger partial charge in [-0.2, -0.15) is 0 Å². The van der Waals surface area contributed by atoms with E-state index in [4.69, 9.17) is 0 Å². The number of nitrogens with zero attached hydrogens (tertiary/aromatic N) is 2. The van der Waals surface area contributed by atoms with Crippen molar-refractivity contribution in [3.63, 3.8) is 0 Å². The molecule has 4 heteroatoms. The smallest absolute Gasteiger partial charge is 0.205 e. The minimum atomic E-state index is 0.264. The maximum absolute atomic E-state index is 9.76. The third-order valence-electron chi connectivity index (χ3n) is 1.38. The molecule has 1 saturated carbocycles. The lowest BCUT2D eigenvalue weighted by atomic mass is 10.0. The Labute approximate surface area is 59.0 Å². The van der Waals surface area contributed by atoms with E-state index in [0.717, 1.165) is 0 Å². The van der Waals surface area contributed by atoms with E-state index in [9.17, 15) is 5.21 Å². The highest BCUT2D eigenvalue weighted by molar-refractivity contribution is 4.50. The Bertz CT molecular complexity index is 154. The second-order valence-corrected chi connectivity index (χ2v) is 2.18. The topological polar surface area (TPSA) is 53.0 Å². The van der Waals surface area contributed by atoms with Crippen LogP contribution in [0.2, 0.25) is 0 Å². The molecule has 0 amide bonds. The zero-order valence-electron chi connectivity index (χ0n) is 5.69. The molecule has 1 aliphatic rings. The molecule has 0 radical (unpaired) electrons. The molecule has 0 atom stereocenters. The molecule has 0 aromatic carbocycles. The van der Waals surface area contributed by atoms with E-state index in [0.29, 0.717) is 0 Å². The summed E-state index contributed by atoms with van der Waals surface area (Å²) in [6.45, 7) is 0. The van der Waals surface area contributed by atoms with Gasteiger partial charge in [0.15, 0.2) is 6.20 Å². The Balaban J connectivity index is 0.000000108. The summed E-state index contributed by atoms with van der Waals surface area (Å²) in [6, 6.07) is 0. The fourth-order valence-electron chi connectivity index (χ4n) is 0.433. The van der Waals surface area contributed by atoms with Gasteiger partial charge < -0.3 is 5.21 Å². The van der Waals surface area contributed by atoms with Crippen molar-refractivity contribution in [2.45, 2.75) is 25.7 Å². The molecule has 56 valence electrons. The van der Waals surface area contributed by atoms with Gasteiger partial charge in [0.25, 0.3) is 0 Å². The van der Waals surface area contributed by atoms with Gasteiger partial charge in [0, 0.05) is 5.16 Å². The molecule has 1 aromatic rings. The lowest BCUT2D eigenvalue weighted by Crippen LogP contribution is -2.20. The largest absolute Gasteiger partial charge is 0.360 e. The summed E-state index contributed by atoms with van der Waals surface area (Å²) in [6.07, 6.45) is 8.44. The fraction of sp³-hybridized carbons (Fsp3) is 0.667. The third-order valence-corrected chi connectivity index (χ3v) is 1.38. The summed E-state index contributed by atoms with van der Waals surface area (Å²) in [5.74, 6) is 0. The van der Waals surface area contributed by atoms with Gasteiger partial charge >= 0.3 is 0 Å². The lowest BCUT2D eigenvalue weighted by molar-refractivity contribution is -0.802. The Kier molecular flexibility index (Phi) is 2.73. The van der Waals surface area contributed by atoms with Crippen molar-refractivity contribution < 1.29 is 9.53 Å². The highest BCUT2D eigenvalue weighted by Gasteiger charge is 1.95.